The summed E-state index contributed by atoms with van der Waals surface area (Å²) < 4.78 is 65.5. The predicted molar refractivity (Wildman–Crippen MR) is 117 cm³/mol. The number of benzene rings is 2. The first-order chi connectivity index (χ1) is 15.0. The molecule has 4 rings (SSSR count). The minimum Gasteiger partial charge on any atom is -0.406 e. The number of nitrogens with zero attached hydrogens (tertiary/aromatic N) is 2. The van der Waals surface area contributed by atoms with Gasteiger partial charge in [0.25, 0.3) is 5.91 Å². The Hall–Kier alpha value is -2.53. The lowest BCUT2D eigenvalue weighted by Crippen LogP contribution is -2.37. The standard InChI is InChI=1S/C21H19F3N2O4S2/c1-13-2-4-14(5-3-13)10-19(27)25-20-26(17-11-32(28,29)12-18(17)31-20)15-6-8-16(9-7-15)30-21(22,23)24/h2-9,17-18H,10-12H2,1H3/t17-,18+/m1/s1. The molecular formula is C21H19F3N2O4S2. The zero-order valence-electron chi connectivity index (χ0n) is 16.9. The Kier molecular flexibility index (Phi) is 5.97. The summed E-state index contributed by atoms with van der Waals surface area (Å²) in [5.41, 5.74) is 2.31. The van der Waals surface area contributed by atoms with E-state index in [1.165, 1.54) is 23.9 Å². The predicted octanol–water partition coefficient (Wildman–Crippen LogP) is 3.74. The lowest BCUT2D eigenvalue weighted by atomic mass is 10.1. The smallest absolute Gasteiger partial charge is 0.406 e. The van der Waals surface area contributed by atoms with Gasteiger partial charge in [-0.2, -0.15) is 4.99 Å². The van der Waals surface area contributed by atoms with Gasteiger partial charge >= 0.3 is 6.36 Å². The summed E-state index contributed by atoms with van der Waals surface area (Å²) >= 11 is 1.21. The van der Waals surface area contributed by atoms with Crippen LogP contribution >= 0.6 is 11.8 Å². The SMILES string of the molecule is Cc1ccc(CC(=O)N=C2S[C@H]3CS(=O)(=O)C[C@H]3N2c2ccc(OC(F)(F)F)cc2)cc1. The molecule has 2 aliphatic rings. The average molecular weight is 485 g/mol. The van der Waals surface area contributed by atoms with E-state index in [1.807, 2.05) is 31.2 Å². The van der Waals surface area contributed by atoms with E-state index in [1.54, 1.807) is 4.90 Å². The van der Waals surface area contributed by atoms with Crippen LogP contribution in [0.4, 0.5) is 18.9 Å². The third-order valence-electron chi connectivity index (χ3n) is 5.11. The third kappa shape index (κ3) is 5.26. The number of fused-ring (bicyclic) bond motifs is 1. The molecule has 2 fully saturated rings. The molecule has 0 saturated carbocycles. The van der Waals surface area contributed by atoms with Crippen LogP contribution in [0.2, 0.25) is 0 Å². The number of amidine groups is 1. The summed E-state index contributed by atoms with van der Waals surface area (Å²) in [6.45, 7) is 1.94. The highest BCUT2D eigenvalue weighted by Gasteiger charge is 2.49. The molecule has 2 saturated heterocycles. The van der Waals surface area contributed by atoms with Gasteiger partial charge in [-0.1, -0.05) is 41.6 Å². The highest BCUT2D eigenvalue weighted by molar-refractivity contribution is 8.16. The number of aliphatic imine (C=N–C) groups is 1. The molecule has 2 aromatic rings. The summed E-state index contributed by atoms with van der Waals surface area (Å²) in [6, 6.07) is 12.1. The first-order valence-electron chi connectivity index (χ1n) is 9.68. The van der Waals surface area contributed by atoms with Gasteiger partial charge in [0, 0.05) is 10.9 Å². The highest BCUT2D eigenvalue weighted by atomic mass is 32.2. The molecule has 0 N–H and O–H groups in total. The first kappa shape index (κ1) is 22.7. The van der Waals surface area contributed by atoms with Crippen molar-refractivity contribution >= 4 is 38.4 Å². The number of aryl methyl sites for hydroxylation is 1. The summed E-state index contributed by atoms with van der Waals surface area (Å²) in [7, 11) is -3.26. The normalized spacial score (nSPS) is 23.4. The number of thioether (sulfide) groups is 1. The Morgan fingerprint density at radius 3 is 2.41 bits per heavy atom. The number of amides is 1. The van der Waals surface area contributed by atoms with Crippen LogP contribution in [0.25, 0.3) is 0 Å². The number of alkyl halides is 3. The molecule has 2 heterocycles. The Labute approximate surface area is 187 Å². The largest absolute Gasteiger partial charge is 0.573 e. The maximum absolute atomic E-state index is 12.6. The van der Waals surface area contributed by atoms with Crippen molar-refractivity contribution in [2.75, 3.05) is 16.4 Å². The van der Waals surface area contributed by atoms with Crippen molar-refractivity contribution in [1.29, 1.82) is 0 Å². The number of halogens is 3. The number of carbonyl (C=O) groups excluding carboxylic acids is 1. The lowest BCUT2D eigenvalue weighted by molar-refractivity contribution is -0.274. The molecule has 32 heavy (non-hydrogen) atoms. The van der Waals surface area contributed by atoms with Gasteiger partial charge in [0.15, 0.2) is 15.0 Å². The molecule has 2 aliphatic heterocycles. The number of hydrogen-bond donors (Lipinski definition) is 0. The van der Waals surface area contributed by atoms with Gasteiger partial charge in [0.2, 0.25) is 0 Å². The molecule has 11 heteroatoms. The van der Waals surface area contributed by atoms with E-state index in [0.29, 0.717) is 10.9 Å². The highest BCUT2D eigenvalue weighted by Crippen LogP contribution is 2.41. The van der Waals surface area contributed by atoms with Crippen LogP contribution in [0.3, 0.4) is 0 Å². The maximum atomic E-state index is 12.6. The van der Waals surface area contributed by atoms with Gasteiger partial charge in [-0.25, -0.2) is 8.42 Å². The van der Waals surface area contributed by atoms with E-state index in [-0.39, 0.29) is 29.1 Å². The van der Waals surface area contributed by atoms with Crippen LogP contribution in [0.1, 0.15) is 11.1 Å². The monoisotopic (exact) mass is 484 g/mol. The Bertz CT molecular complexity index is 1150. The zero-order chi connectivity index (χ0) is 23.1. The van der Waals surface area contributed by atoms with Crippen molar-refractivity contribution in [3.05, 3.63) is 59.7 Å². The molecule has 1 amide bonds. The Balaban J connectivity index is 1.60. The van der Waals surface area contributed by atoms with Crippen molar-refractivity contribution in [3.63, 3.8) is 0 Å². The fraction of sp³-hybridized carbons (Fsp3) is 0.333. The lowest BCUT2D eigenvalue weighted by Gasteiger charge is -2.24. The molecule has 0 aliphatic carbocycles. The third-order valence-corrected chi connectivity index (χ3v) is 8.32. The van der Waals surface area contributed by atoms with Crippen molar-refractivity contribution in [1.82, 2.24) is 0 Å². The van der Waals surface area contributed by atoms with Gasteiger partial charge in [-0.3, -0.25) is 4.79 Å². The van der Waals surface area contributed by atoms with E-state index in [4.69, 9.17) is 0 Å². The molecule has 0 aromatic heterocycles. The molecule has 0 bridgehead atoms. The topological polar surface area (TPSA) is 76.0 Å². The Morgan fingerprint density at radius 2 is 1.78 bits per heavy atom. The van der Waals surface area contributed by atoms with E-state index >= 15 is 0 Å². The summed E-state index contributed by atoms with van der Waals surface area (Å²) in [4.78, 5) is 18.5. The molecule has 0 radical (unpaired) electrons. The summed E-state index contributed by atoms with van der Waals surface area (Å²) in [5, 5.41) is 0.0357. The van der Waals surface area contributed by atoms with Crippen LogP contribution in [0.15, 0.2) is 53.5 Å². The van der Waals surface area contributed by atoms with Gasteiger partial charge in [-0.15, -0.1) is 13.2 Å². The first-order valence-corrected chi connectivity index (χ1v) is 12.4. The molecule has 0 spiro atoms. The van der Waals surface area contributed by atoms with Gasteiger partial charge in [0.1, 0.15) is 5.75 Å². The van der Waals surface area contributed by atoms with E-state index in [2.05, 4.69) is 9.73 Å². The van der Waals surface area contributed by atoms with Crippen LogP contribution in [-0.2, 0) is 21.1 Å². The maximum Gasteiger partial charge on any atom is 0.573 e. The van der Waals surface area contributed by atoms with E-state index in [0.717, 1.165) is 23.3 Å². The van der Waals surface area contributed by atoms with Crippen LogP contribution < -0.4 is 9.64 Å². The van der Waals surface area contributed by atoms with Gasteiger partial charge < -0.3 is 9.64 Å². The summed E-state index contributed by atoms with van der Waals surface area (Å²) in [5.74, 6) is -0.936. The number of rotatable bonds is 4. The number of ether oxygens (including phenoxy) is 1. The average Bonchev–Trinajstić information content (AvgIpc) is 3.14. The molecule has 170 valence electrons. The second-order valence-corrected chi connectivity index (χ2v) is 11.0. The van der Waals surface area contributed by atoms with Crippen LogP contribution in [-0.4, -0.2) is 48.7 Å². The minimum absolute atomic E-state index is 0.0424. The molecular weight excluding hydrogens is 465 g/mol. The van der Waals surface area contributed by atoms with E-state index in [9.17, 15) is 26.4 Å². The van der Waals surface area contributed by atoms with Crippen molar-refractivity contribution in [3.8, 4) is 5.75 Å². The second-order valence-electron chi connectivity index (χ2n) is 7.66. The van der Waals surface area contributed by atoms with Gasteiger partial charge in [-0.05, 0) is 36.8 Å². The number of sulfone groups is 1. The molecule has 0 unspecified atom stereocenters. The van der Waals surface area contributed by atoms with E-state index < -0.39 is 28.0 Å². The van der Waals surface area contributed by atoms with Crippen molar-refractivity contribution < 1.29 is 31.1 Å². The molecule has 6 nitrogen and oxygen atoms in total. The Morgan fingerprint density at radius 1 is 1.12 bits per heavy atom. The number of anilines is 1. The number of hydrogen-bond acceptors (Lipinski definition) is 5. The zero-order valence-corrected chi connectivity index (χ0v) is 18.5. The fourth-order valence-corrected chi connectivity index (χ4v) is 7.63. The summed E-state index contributed by atoms with van der Waals surface area (Å²) in [6.07, 6.45) is -4.73. The second kappa shape index (κ2) is 8.43. The number of carbonyl (C=O) groups is 1. The minimum atomic E-state index is -4.81. The van der Waals surface area contributed by atoms with Crippen LogP contribution in [0.5, 0.6) is 5.75 Å². The van der Waals surface area contributed by atoms with Crippen molar-refractivity contribution in [2.45, 2.75) is 31.0 Å². The quantitative estimate of drug-likeness (QED) is 0.658. The molecule has 2 atom stereocenters. The fourth-order valence-electron chi connectivity index (χ4n) is 3.70. The van der Waals surface area contributed by atoms with Gasteiger partial charge in [0.05, 0.1) is 24.0 Å². The molecule has 2 aromatic carbocycles. The van der Waals surface area contributed by atoms with Crippen LogP contribution in [0, 0.1) is 6.92 Å². The van der Waals surface area contributed by atoms with Crippen molar-refractivity contribution in [2.24, 2.45) is 4.99 Å².